The predicted molar refractivity (Wildman–Crippen MR) is 141 cm³/mol. The number of hydrogen-bond donors (Lipinski definition) is 0. The maximum absolute atomic E-state index is 6.47. The number of thiophene rings is 1. The lowest BCUT2D eigenvalue weighted by atomic mass is 10.1. The van der Waals surface area contributed by atoms with E-state index in [1.54, 1.807) is 25.6 Å². The van der Waals surface area contributed by atoms with Gasteiger partial charge in [0.25, 0.3) is 0 Å². The van der Waals surface area contributed by atoms with Crippen molar-refractivity contribution in [3.8, 4) is 23.0 Å². The fourth-order valence-electron chi connectivity index (χ4n) is 4.07. The first kappa shape index (κ1) is 24.3. The molecule has 0 unspecified atom stereocenters. The van der Waals surface area contributed by atoms with Gasteiger partial charge in [0.05, 0.1) is 18.6 Å². The first-order chi connectivity index (χ1) is 16.7. The molecule has 1 fully saturated rings. The molecule has 0 amide bonds. The van der Waals surface area contributed by atoms with Crippen LogP contribution in [0.15, 0.2) is 60.7 Å². The van der Waals surface area contributed by atoms with Crippen LogP contribution < -0.4 is 14.2 Å². The number of rotatable bonds is 11. The van der Waals surface area contributed by atoms with Gasteiger partial charge in [0.15, 0.2) is 5.75 Å². The summed E-state index contributed by atoms with van der Waals surface area (Å²) in [6.07, 6.45) is 8.79. The summed E-state index contributed by atoms with van der Waals surface area (Å²) in [5.41, 5.74) is 1.09. The SMILES string of the molecule is C/C=C(\C=C/COC)c1sc2cc(OC)ccc2c1Oc1ccc(OCCN2CCCC2)cc1. The van der Waals surface area contributed by atoms with E-state index < -0.39 is 0 Å². The number of ether oxygens (including phenoxy) is 4. The van der Waals surface area contributed by atoms with E-state index >= 15 is 0 Å². The van der Waals surface area contributed by atoms with Crippen LogP contribution >= 0.6 is 11.3 Å². The van der Waals surface area contributed by atoms with Gasteiger partial charge in [0, 0.05) is 23.7 Å². The van der Waals surface area contributed by atoms with Crippen molar-refractivity contribution in [2.45, 2.75) is 19.8 Å². The van der Waals surface area contributed by atoms with E-state index in [9.17, 15) is 0 Å². The topological polar surface area (TPSA) is 40.2 Å². The molecule has 34 heavy (non-hydrogen) atoms. The van der Waals surface area contributed by atoms with Gasteiger partial charge in [-0.1, -0.05) is 18.2 Å². The van der Waals surface area contributed by atoms with Gasteiger partial charge >= 0.3 is 0 Å². The molecular formula is C28H33NO4S. The van der Waals surface area contributed by atoms with Crippen molar-refractivity contribution in [3.63, 3.8) is 0 Å². The van der Waals surface area contributed by atoms with E-state index in [2.05, 4.69) is 29.2 Å². The highest BCUT2D eigenvalue weighted by Crippen LogP contribution is 2.45. The summed E-state index contributed by atoms with van der Waals surface area (Å²) in [5, 5.41) is 1.06. The van der Waals surface area contributed by atoms with Gasteiger partial charge in [0.2, 0.25) is 0 Å². The maximum atomic E-state index is 6.47. The second-order valence-corrected chi connectivity index (χ2v) is 9.25. The van der Waals surface area contributed by atoms with E-state index in [0.29, 0.717) is 13.2 Å². The van der Waals surface area contributed by atoms with E-state index in [4.69, 9.17) is 18.9 Å². The van der Waals surface area contributed by atoms with Crippen molar-refractivity contribution in [1.29, 1.82) is 0 Å². The maximum Gasteiger partial charge on any atom is 0.153 e. The van der Waals surface area contributed by atoms with E-state index in [1.165, 1.54) is 25.9 Å². The molecule has 0 aliphatic carbocycles. The highest BCUT2D eigenvalue weighted by atomic mass is 32.1. The zero-order valence-corrected chi connectivity index (χ0v) is 21.0. The Labute approximate surface area is 206 Å². The van der Waals surface area contributed by atoms with Crippen LogP contribution in [0.5, 0.6) is 23.0 Å². The minimum Gasteiger partial charge on any atom is -0.497 e. The highest BCUT2D eigenvalue weighted by Gasteiger charge is 2.17. The van der Waals surface area contributed by atoms with E-state index in [0.717, 1.165) is 50.1 Å². The van der Waals surface area contributed by atoms with Crippen molar-refractivity contribution in [3.05, 3.63) is 65.6 Å². The quantitative estimate of drug-likeness (QED) is 0.283. The lowest BCUT2D eigenvalue weighted by Crippen LogP contribution is -2.25. The number of allylic oxidation sites excluding steroid dienone is 3. The molecule has 1 aliphatic heterocycles. The Bertz CT molecular complexity index is 1130. The van der Waals surface area contributed by atoms with Gasteiger partial charge < -0.3 is 18.9 Å². The Morgan fingerprint density at radius 2 is 1.74 bits per heavy atom. The van der Waals surface area contributed by atoms with Gasteiger partial charge in [-0.15, -0.1) is 11.3 Å². The molecule has 0 bridgehead atoms. The molecule has 6 heteroatoms. The average molecular weight is 480 g/mol. The Morgan fingerprint density at radius 3 is 2.44 bits per heavy atom. The molecule has 2 heterocycles. The van der Waals surface area contributed by atoms with Crippen LogP contribution in [-0.4, -0.2) is 52.0 Å². The largest absolute Gasteiger partial charge is 0.497 e. The van der Waals surface area contributed by atoms with Gasteiger partial charge in [0.1, 0.15) is 23.9 Å². The summed E-state index contributed by atoms with van der Waals surface area (Å²) < 4.78 is 24.2. The molecule has 0 radical (unpaired) electrons. The third kappa shape index (κ3) is 6.00. The van der Waals surface area contributed by atoms with Gasteiger partial charge in [-0.2, -0.15) is 0 Å². The van der Waals surface area contributed by atoms with Gasteiger partial charge in [-0.25, -0.2) is 0 Å². The normalized spacial score (nSPS) is 14.9. The molecule has 1 aliphatic rings. The van der Waals surface area contributed by atoms with Crippen molar-refractivity contribution in [2.24, 2.45) is 0 Å². The summed E-state index contributed by atoms with van der Waals surface area (Å²) in [6, 6.07) is 14.0. The summed E-state index contributed by atoms with van der Waals surface area (Å²) in [7, 11) is 3.38. The third-order valence-corrected chi connectivity index (χ3v) is 7.09. The Hall–Kier alpha value is -2.80. The van der Waals surface area contributed by atoms with Crippen LogP contribution in [0.3, 0.4) is 0 Å². The first-order valence-electron chi connectivity index (χ1n) is 11.8. The zero-order valence-electron chi connectivity index (χ0n) is 20.2. The summed E-state index contributed by atoms with van der Waals surface area (Å²) >= 11 is 1.69. The van der Waals surface area contributed by atoms with Crippen LogP contribution in [0.1, 0.15) is 24.6 Å². The number of methoxy groups -OCH3 is 2. The van der Waals surface area contributed by atoms with Crippen LogP contribution in [-0.2, 0) is 4.74 Å². The fourth-order valence-corrected chi connectivity index (χ4v) is 5.28. The van der Waals surface area contributed by atoms with E-state index in [1.807, 2.05) is 43.3 Å². The number of fused-ring (bicyclic) bond motifs is 1. The second kappa shape index (κ2) is 12.1. The van der Waals surface area contributed by atoms with Crippen LogP contribution in [0.4, 0.5) is 0 Å². The summed E-state index contributed by atoms with van der Waals surface area (Å²) in [4.78, 5) is 3.53. The number of benzene rings is 2. The summed E-state index contributed by atoms with van der Waals surface area (Å²) in [6.45, 7) is 6.66. The van der Waals surface area contributed by atoms with Crippen molar-refractivity contribution >= 4 is 27.0 Å². The molecule has 2 aromatic carbocycles. The van der Waals surface area contributed by atoms with Crippen molar-refractivity contribution < 1.29 is 18.9 Å². The fraction of sp³-hybridized carbons (Fsp3) is 0.357. The molecule has 1 aromatic heterocycles. The number of hydrogen-bond acceptors (Lipinski definition) is 6. The average Bonchev–Trinajstić information content (AvgIpc) is 3.51. The molecule has 4 rings (SSSR count). The van der Waals surface area contributed by atoms with Gasteiger partial charge in [-0.05, 0) is 80.9 Å². The Balaban J connectivity index is 1.54. The van der Waals surface area contributed by atoms with Crippen LogP contribution in [0, 0.1) is 0 Å². The predicted octanol–water partition coefficient (Wildman–Crippen LogP) is 6.78. The highest BCUT2D eigenvalue weighted by molar-refractivity contribution is 7.20. The number of nitrogens with zero attached hydrogens (tertiary/aromatic N) is 1. The molecule has 0 spiro atoms. The van der Waals surface area contributed by atoms with Crippen molar-refractivity contribution in [1.82, 2.24) is 4.90 Å². The molecule has 0 atom stereocenters. The minimum absolute atomic E-state index is 0.561. The first-order valence-corrected chi connectivity index (χ1v) is 12.6. The third-order valence-electron chi connectivity index (χ3n) is 5.90. The van der Waals surface area contributed by atoms with Crippen molar-refractivity contribution in [2.75, 3.05) is 47.1 Å². The van der Waals surface area contributed by atoms with Crippen LogP contribution in [0.2, 0.25) is 0 Å². The minimum atomic E-state index is 0.561. The monoisotopic (exact) mass is 479 g/mol. The zero-order chi connectivity index (χ0) is 23.8. The standard InChI is InChI=1S/C28H33NO4S/c1-4-21(8-7-18-30-2)28-27(25-14-13-24(31-3)20-26(25)34-28)33-23-11-9-22(10-12-23)32-19-17-29-15-5-6-16-29/h4,7-14,20H,5-6,15-19H2,1-3H3/b8-7-,21-4+. The molecular weight excluding hydrogens is 446 g/mol. The van der Waals surface area contributed by atoms with E-state index in [-0.39, 0.29) is 0 Å². The number of likely N-dealkylation sites (tertiary alicyclic amines) is 1. The van der Waals surface area contributed by atoms with Crippen LogP contribution in [0.25, 0.3) is 15.7 Å². The Kier molecular flexibility index (Phi) is 8.63. The molecule has 5 nitrogen and oxygen atoms in total. The Morgan fingerprint density at radius 1 is 1.00 bits per heavy atom. The molecule has 1 saturated heterocycles. The van der Waals surface area contributed by atoms with Gasteiger partial charge in [-0.3, -0.25) is 4.90 Å². The lowest BCUT2D eigenvalue weighted by molar-refractivity contribution is 0.234. The molecule has 0 N–H and O–H groups in total. The second-order valence-electron chi connectivity index (χ2n) is 8.19. The summed E-state index contributed by atoms with van der Waals surface area (Å²) in [5.74, 6) is 3.32. The molecule has 0 saturated carbocycles. The molecule has 180 valence electrons. The molecule has 3 aromatic rings. The smallest absolute Gasteiger partial charge is 0.153 e. The lowest BCUT2D eigenvalue weighted by Gasteiger charge is -2.15.